The van der Waals surface area contributed by atoms with E-state index in [4.69, 9.17) is 51.1 Å². The van der Waals surface area contributed by atoms with Crippen LogP contribution >= 0.6 is 46.4 Å². The first-order valence-corrected chi connectivity index (χ1v) is 10.8. The predicted octanol–water partition coefficient (Wildman–Crippen LogP) is 5.05. The van der Waals surface area contributed by atoms with Crippen LogP contribution in [-0.4, -0.2) is 46.6 Å². The first-order chi connectivity index (χ1) is 12.8. The van der Waals surface area contributed by atoms with Crippen molar-refractivity contribution < 1.29 is 9.53 Å². The number of benzene rings is 1. The third-order valence-corrected chi connectivity index (χ3v) is 6.18. The van der Waals surface area contributed by atoms with E-state index in [0.717, 1.165) is 25.9 Å². The molecule has 1 N–H and O–H groups in total. The minimum absolute atomic E-state index is 0.386. The molecule has 2 saturated heterocycles. The van der Waals surface area contributed by atoms with Gasteiger partial charge in [0.15, 0.2) is 6.23 Å². The van der Waals surface area contributed by atoms with Crippen molar-refractivity contribution in [3.05, 3.63) is 34.9 Å². The standard InChI is InChI=1S/C19H24Cl4N2O2/c20-15-7-3-5-13(11-15)17(26)24-18(19(21,22)23)27-12-14-6-4-10-25-9-2-1-8-16(14)25/h3,5,7,11,14,16,18H,1-2,4,6,8-10,12H2,(H,24,26)/t14-,16+,18-/m1/s1. The van der Waals surface area contributed by atoms with Crippen LogP contribution in [-0.2, 0) is 4.74 Å². The molecule has 2 aliphatic heterocycles. The Morgan fingerprint density at radius 3 is 2.74 bits per heavy atom. The van der Waals surface area contributed by atoms with Crippen molar-refractivity contribution in [3.8, 4) is 0 Å². The van der Waals surface area contributed by atoms with Crippen LogP contribution in [0.25, 0.3) is 0 Å². The Balaban J connectivity index is 1.62. The smallest absolute Gasteiger partial charge is 0.253 e. The summed E-state index contributed by atoms with van der Waals surface area (Å²) in [5.41, 5.74) is 0.390. The summed E-state index contributed by atoms with van der Waals surface area (Å²) in [6.07, 6.45) is 4.90. The summed E-state index contributed by atoms with van der Waals surface area (Å²) < 4.78 is 4.16. The van der Waals surface area contributed by atoms with Crippen molar-refractivity contribution in [2.24, 2.45) is 5.92 Å². The van der Waals surface area contributed by atoms with Crippen molar-refractivity contribution in [2.45, 2.75) is 48.2 Å². The van der Waals surface area contributed by atoms with Crippen LogP contribution in [0.4, 0.5) is 0 Å². The fourth-order valence-corrected chi connectivity index (χ4v) is 4.58. The lowest BCUT2D eigenvalue weighted by Gasteiger charge is -2.44. The van der Waals surface area contributed by atoms with E-state index in [0.29, 0.717) is 29.2 Å². The van der Waals surface area contributed by atoms with E-state index >= 15 is 0 Å². The second kappa shape index (κ2) is 9.51. The van der Waals surface area contributed by atoms with Crippen molar-refractivity contribution in [1.29, 1.82) is 0 Å². The first kappa shape index (κ1) is 21.5. The Morgan fingerprint density at radius 1 is 1.22 bits per heavy atom. The molecule has 0 radical (unpaired) electrons. The summed E-state index contributed by atoms with van der Waals surface area (Å²) in [4.78, 5) is 15.1. The fraction of sp³-hybridized carbons (Fsp3) is 0.632. The van der Waals surface area contributed by atoms with Gasteiger partial charge in [0.05, 0.1) is 6.61 Å². The second-order valence-electron chi connectivity index (χ2n) is 7.24. The number of piperidine rings is 2. The van der Waals surface area contributed by atoms with E-state index in [1.165, 1.54) is 19.3 Å². The maximum Gasteiger partial charge on any atom is 0.253 e. The van der Waals surface area contributed by atoms with E-state index in [9.17, 15) is 4.79 Å². The molecule has 150 valence electrons. The third-order valence-electron chi connectivity index (χ3n) is 5.35. The molecular weight excluding hydrogens is 430 g/mol. The average molecular weight is 454 g/mol. The molecule has 0 saturated carbocycles. The van der Waals surface area contributed by atoms with E-state index in [1.807, 2.05) is 0 Å². The minimum atomic E-state index is -1.77. The Bertz CT molecular complexity index is 651. The zero-order chi connectivity index (χ0) is 19.4. The van der Waals surface area contributed by atoms with E-state index < -0.39 is 15.9 Å². The van der Waals surface area contributed by atoms with Gasteiger partial charge in [-0.3, -0.25) is 4.79 Å². The highest BCUT2D eigenvalue weighted by Crippen LogP contribution is 2.34. The second-order valence-corrected chi connectivity index (χ2v) is 10.0. The number of fused-ring (bicyclic) bond motifs is 1. The topological polar surface area (TPSA) is 41.6 Å². The summed E-state index contributed by atoms with van der Waals surface area (Å²) in [5.74, 6) is -0.00580. The van der Waals surface area contributed by atoms with Gasteiger partial charge in [0, 0.05) is 16.6 Å². The van der Waals surface area contributed by atoms with Gasteiger partial charge in [-0.1, -0.05) is 58.9 Å². The molecule has 4 nitrogen and oxygen atoms in total. The van der Waals surface area contributed by atoms with Gasteiger partial charge in [-0.25, -0.2) is 0 Å². The van der Waals surface area contributed by atoms with Crippen LogP contribution in [0.2, 0.25) is 5.02 Å². The summed E-state index contributed by atoms with van der Waals surface area (Å²) in [5, 5.41) is 3.15. The molecule has 1 amide bonds. The number of nitrogens with zero attached hydrogens (tertiary/aromatic N) is 1. The number of amides is 1. The summed E-state index contributed by atoms with van der Waals surface area (Å²) in [6, 6.07) is 7.13. The average Bonchev–Trinajstić information content (AvgIpc) is 2.64. The van der Waals surface area contributed by atoms with Crippen molar-refractivity contribution in [3.63, 3.8) is 0 Å². The van der Waals surface area contributed by atoms with E-state index in [1.54, 1.807) is 24.3 Å². The molecular formula is C19H24Cl4N2O2. The number of hydrogen-bond donors (Lipinski definition) is 1. The SMILES string of the molecule is O=C(N[C@H](OC[C@H]1CCCN2CCCC[C@@H]12)C(Cl)(Cl)Cl)c1cccc(Cl)c1. The molecule has 3 rings (SSSR count). The molecule has 2 heterocycles. The van der Waals surface area contributed by atoms with Gasteiger partial charge in [-0.05, 0) is 62.9 Å². The van der Waals surface area contributed by atoms with Crippen LogP contribution in [0.3, 0.4) is 0 Å². The van der Waals surface area contributed by atoms with Crippen molar-refractivity contribution >= 4 is 52.3 Å². The molecule has 2 aliphatic rings. The van der Waals surface area contributed by atoms with Crippen LogP contribution in [0.1, 0.15) is 42.5 Å². The van der Waals surface area contributed by atoms with Gasteiger partial charge < -0.3 is 15.0 Å². The molecule has 8 heteroatoms. The number of rotatable bonds is 5. The number of hydrogen-bond acceptors (Lipinski definition) is 3. The number of ether oxygens (including phenoxy) is 1. The molecule has 2 fully saturated rings. The van der Waals surface area contributed by atoms with Crippen molar-refractivity contribution in [2.75, 3.05) is 19.7 Å². The number of carbonyl (C=O) groups excluding carboxylic acids is 1. The molecule has 0 bridgehead atoms. The quantitative estimate of drug-likeness (QED) is 0.501. The largest absolute Gasteiger partial charge is 0.354 e. The molecule has 3 atom stereocenters. The van der Waals surface area contributed by atoms with Gasteiger partial charge in [-0.15, -0.1) is 0 Å². The van der Waals surface area contributed by atoms with E-state index in [2.05, 4.69) is 10.2 Å². The van der Waals surface area contributed by atoms with Gasteiger partial charge in [-0.2, -0.15) is 0 Å². The van der Waals surface area contributed by atoms with Gasteiger partial charge in [0.25, 0.3) is 5.91 Å². The molecule has 27 heavy (non-hydrogen) atoms. The van der Waals surface area contributed by atoms with Gasteiger partial charge >= 0.3 is 0 Å². The lowest BCUT2D eigenvalue weighted by atomic mass is 9.84. The highest BCUT2D eigenvalue weighted by atomic mass is 35.6. The van der Waals surface area contributed by atoms with Gasteiger partial charge in [0.1, 0.15) is 0 Å². The Hall–Kier alpha value is -0.230. The summed E-state index contributed by atoms with van der Waals surface area (Å²) in [7, 11) is 0. The maximum absolute atomic E-state index is 12.5. The Labute approximate surface area is 180 Å². The number of alkyl halides is 3. The molecule has 0 spiro atoms. The van der Waals surface area contributed by atoms with Crippen LogP contribution in [0.15, 0.2) is 24.3 Å². The molecule has 1 aromatic rings. The number of carbonyl (C=O) groups is 1. The summed E-state index contributed by atoms with van der Waals surface area (Å²) >= 11 is 24.2. The Morgan fingerprint density at radius 2 is 2.00 bits per heavy atom. The first-order valence-electron chi connectivity index (χ1n) is 9.33. The van der Waals surface area contributed by atoms with Crippen molar-refractivity contribution in [1.82, 2.24) is 10.2 Å². The number of halogens is 4. The fourth-order valence-electron chi connectivity index (χ4n) is 4.04. The monoisotopic (exact) mass is 452 g/mol. The highest BCUT2D eigenvalue weighted by molar-refractivity contribution is 6.68. The van der Waals surface area contributed by atoms with Crippen LogP contribution in [0, 0.1) is 5.92 Å². The third kappa shape index (κ3) is 5.88. The lowest BCUT2D eigenvalue weighted by molar-refractivity contribution is -0.0325. The lowest BCUT2D eigenvalue weighted by Crippen LogP contribution is -2.51. The number of nitrogens with one attached hydrogen (secondary N) is 1. The minimum Gasteiger partial charge on any atom is -0.354 e. The van der Waals surface area contributed by atoms with Crippen LogP contribution < -0.4 is 5.32 Å². The molecule has 0 aliphatic carbocycles. The molecule has 0 aromatic heterocycles. The zero-order valence-corrected chi connectivity index (χ0v) is 18.0. The normalized spacial score (nSPS) is 24.9. The summed E-state index contributed by atoms with van der Waals surface area (Å²) in [6.45, 7) is 2.76. The van der Waals surface area contributed by atoms with Gasteiger partial charge in [0.2, 0.25) is 3.79 Å². The Kier molecular flexibility index (Phi) is 7.57. The predicted molar refractivity (Wildman–Crippen MR) is 111 cm³/mol. The zero-order valence-electron chi connectivity index (χ0n) is 15.0. The molecule has 1 aromatic carbocycles. The highest BCUT2D eigenvalue weighted by Gasteiger charge is 2.38. The van der Waals surface area contributed by atoms with E-state index in [-0.39, 0.29) is 0 Å². The molecule has 0 unspecified atom stereocenters. The van der Waals surface area contributed by atoms with Crippen LogP contribution in [0.5, 0.6) is 0 Å². The maximum atomic E-state index is 12.5.